The minimum absolute atomic E-state index is 0.208. The Kier molecular flexibility index (Phi) is 6.09. The van der Waals surface area contributed by atoms with Gasteiger partial charge in [-0.2, -0.15) is 0 Å². The van der Waals surface area contributed by atoms with E-state index in [-0.39, 0.29) is 12.5 Å². The minimum atomic E-state index is -1.05. The molecule has 5 nitrogen and oxygen atoms in total. The van der Waals surface area contributed by atoms with Gasteiger partial charge >= 0.3 is 5.97 Å². The third-order valence-corrected chi connectivity index (χ3v) is 3.87. The first-order chi connectivity index (χ1) is 11.5. The second-order valence-corrected chi connectivity index (χ2v) is 5.49. The van der Waals surface area contributed by atoms with Crippen LogP contribution in [0.4, 0.5) is 0 Å². The summed E-state index contributed by atoms with van der Waals surface area (Å²) in [6, 6.07) is 17.4. The van der Waals surface area contributed by atoms with Crippen LogP contribution in [0.3, 0.4) is 0 Å². The molecule has 24 heavy (non-hydrogen) atoms. The molecule has 1 amide bonds. The van der Waals surface area contributed by atoms with Gasteiger partial charge in [0.05, 0.1) is 0 Å². The van der Waals surface area contributed by atoms with Crippen molar-refractivity contribution in [3.63, 3.8) is 0 Å². The molecule has 2 unspecified atom stereocenters. The molecule has 0 fully saturated rings. The molecule has 1 N–H and O–H groups in total. The van der Waals surface area contributed by atoms with Crippen molar-refractivity contribution in [1.82, 2.24) is 4.90 Å². The SMILES string of the molecule is COC(C(=O)N(Cc1ccccc1)C(C)C(=O)O)c1ccccc1. The van der Waals surface area contributed by atoms with Crippen molar-refractivity contribution < 1.29 is 19.4 Å². The molecule has 0 aromatic heterocycles. The Bertz CT molecular complexity index is 672. The molecular formula is C19H21NO4. The summed E-state index contributed by atoms with van der Waals surface area (Å²) in [5.74, 6) is -1.43. The first-order valence-electron chi connectivity index (χ1n) is 7.69. The molecule has 2 rings (SSSR count). The lowest BCUT2D eigenvalue weighted by molar-refractivity contribution is -0.155. The van der Waals surface area contributed by atoms with Crippen molar-refractivity contribution in [2.45, 2.75) is 25.6 Å². The summed E-state index contributed by atoms with van der Waals surface area (Å²) in [6.45, 7) is 1.71. The molecular weight excluding hydrogens is 306 g/mol. The second kappa shape index (κ2) is 8.26. The predicted molar refractivity (Wildman–Crippen MR) is 90.3 cm³/mol. The summed E-state index contributed by atoms with van der Waals surface area (Å²) < 4.78 is 5.36. The smallest absolute Gasteiger partial charge is 0.326 e. The van der Waals surface area contributed by atoms with E-state index >= 15 is 0 Å². The van der Waals surface area contributed by atoms with Crippen molar-refractivity contribution in [2.24, 2.45) is 0 Å². The third-order valence-electron chi connectivity index (χ3n) is 3.87. The summed E-state index contributed by atoms with van der Waals surface area (Å²) in [5.41, 5.74) is 1.56. The van der Waals surface area contributed by atoms with E-state index in [1.54, 1.807) is 12.1 Å². The maximum atomic E-state index is 13.0. The highest BCUT2D eigenvalue weighted by molar-refractivity contribution is 5.87. The molecule has 0 saturated heterocycles. The summed E-state index contributed by atoms with van der Waals surface area (Å²) in [5, 5.41) is 9.37. The van der Waals surface area contributed by atoms with Gasteiger partial charge in [0.15, 0.2) is 6.10 Å². The molecule has 0 aliphatic rings. The molecule has 0 saturated carbocycles. The number of carboxylic acids is 1. The molecule has 0 radical (unpaired) electrons. The lowest BCUT2D eigenvalue weighted by Crippen LogP contribution is -2.45. The molecule has 0 spiro atoms. The Morgan fingerprint density at radius 1 is 1.04 bits per heavy atom. The summed E-state index contributed by atoms with van der Waals surface area (Å²) in [4.78, 5) is 25.7. The van der Waals surface area contributed by atoms with Crippen molar-refractivity contribution >= 4 is 11.9 Å². The number of carbonyl (C=O) groups excluding carboxylic acids is 1. The van der Waals surface area contributed by atoms with E-state index < -0.39 is 18.1 Å². The zero-order valence-corrected chi connectivity index (χ0v) is 13.8. The van der Waals surface area contributed by atoms with Gasteiger partial charge in [-0.05, 0) is 18.1 Å². The van der Waals surface area contributed by atoms with Gasteiger partial charge in [-0.1, -0.05) is 60.7 Å². The fourth-order valence-corrected chi connectivity index (χ4v) is 2.48. The number of benzene rings is 2. The van der Waals surface area contributed by atoms with E-state index in [2.05, 4.69) is 0 Å². The van der Waals surface area contributed by atoms with Crippen molar-refractivity contribution in [3.05, 3.63) is 71.8 Å². The highest BCUT2D eigenvalue weighted by Gasteiger charge is 2.32. The first kappa shape index (κ1) is 17.7. The summed E-state index contributed by atoms with van der Waals surface area (Å²) in [6.07, 6.45) is -0.836. The van der Waals surface area contributed by atoms with Crippen LogP contribution in [-0.4, -0.2) is 35.0 Å². The lowest BCUT2D eigenvalue weighted by Gasteiger charge is -2.30. The number of ether oxygens (including phenoxy) is 1. The van der Waals surface area contributed by atoms with Crippen LogP contribution >= 0.6 is 0 Å². The molecule has 0 heterocycles. The normalized spacial score (nSPS) is 13.1. The Hall–Kier alpha value is -2.66. The Morgan fingerprint density at radius 3 is 2.08 bits per heavy atom. The van der Waals surface area contributed by atoms with Crippen LogP contribution in [0.1, 0.15) is 24.2 Å². The summed E-state index contributed by atoms with van der Waals surface area (Å²) in [7, 11) is 1.45. The van der Waals surface area contributed by atoms with Gasteiger partial charge in [0, 0.05) is 13.7 Å². The number of hydrogen-bond acceptors (Lipinski definition) is 3. The molecule has 0 bridgehead atoms. The van der Waals surface area contributed by atoms with Gasteiger partial charge in [0.1, 0.15) is 6.04 Å². The summed E-state index contributed by atoms with van der Waals surface area (Å²) >= 11 is 0. The van der Waals surface area contributed by atoms with Crippen LogP contribution in [0.25, 0.3) is 0 Å². The van der Waals surface area contributed by atoms with E-state index in [0.29, 0.717) is 5.56 Å². The molecule has 2 atom stereocenters. The molecule has 0 aliphatic carbocycles. The minimum Gasteiger partial charge on any atom is -0.480 e. The Labute approximate surface area is 141 Å². The van der Waals surface area contributed by atoms with Crippen molar-refractivity contribution in [2.75, 3.05) is 7.11 Å². The topological polar surface area (TPSA) is 66.8 Å². The number of methoxy groups -OCH3 is 1. The van der Waals surface area contributed by atoms with Crippen molar-refractivity contribution in [1.29, 1.82) is 0 Å². The maximum Gasteiger partial charge on any atom is 0.326 e. The number of amides is 1. The van der Waals surface area contributed by atoms with E-state index in [1.165, 1.54) is 18.9 Å². The Morgan fingerprint density at radius 2 is 1.58 bits per heavy atom. The van der Waals surface area contributed by atoms with Crippen LogP contribution < -0.4 is 0 Å². The largest absolute Gasteiger partial charge is 0.480 e. The van der Waals surface area contributed by atoms with Crippen LogP contribution in [0.5, 0.6) is 0 Å². The highest BCUT2D eigenvalue weighted by Crippen LogP contribution is 2.22. The van der Waals surface area contributed by atoms with Crippen LogP contribution in [0, 0.1) is 0 Å². The van der Waals surface area contributed by atoms with Gasteiger partial charge in [-0.15, -0.1) is 0 Å². The molecule has 2 aromatic rings. The monoisotopic (exact) mass is 327 g/mol. The van der Waals surface area contributed by atoms with Gasteiger partial charge in [-0.25, -0.2) is 4.79 Å². The number of carboxylic acid groups (broad SMARTS) is 1. The average molecular weight is 327 g/mol. The van der Waals surface area contributed by atoms with E-state index in [0.717, 1.165) is 5.56 Å². The van der Waals surface area contributed by atoms with E-state index in [1.807, 2.05) is 48.5 Å². The van der Waals surface area contributed by atoms with Crippen LogP contribution in [0.15, 0.2) is 60.7 Å². The van der Waals surface area contributed by atoms with Crippen LogP contribution in [-0.2, 0) is 20.9 Å². The Balaban J connectivity index is 2.31. The van der Waals surface area contributed by atoms with Crippen LogP contribution in [0.2, 0.25) is 0 Å². The van der Waals surface area contributed by atoms with Gasteiger partial charge in [0.2, 0.25) is 0 Å². The molecule has 5 heteroatoms. The van der Waals surface area contributed by atoms with Crippen molar-refractivity contribution in [3.8, 4) is 0 Å². The van der Waals surface area contributed by atoms with E-state index in [4.69, 9.17) is 4.74 Å². The first-order valence-corrected chi connectivity index (χ1v) is 7.69. The second-order valence-electron chi connectivity index (χ2n) is 5.49. The van der Waals surface area contributed by atoms with Gasteiger partial charge < -0.3 is 14.7 Å². The number of aliphatic carboxylic acids is 1. The number of hydrogen-bond donors (Lipinski definition) is 1. The number of nitrogens with zero attached hydrogens (tertiary/aromatic N) is 1. The highest BCUT2D eigenvalue weighted by atomic mass is 16.5. The molecule has 0 aliphatic heterocycles. The number of rotatable bonds is 7. The maximum absolute atomic E-state index is 13.0. The predicted octanol–water partition coefficient (Wildman–Crippen LogP) is 2.88. The quantitative estimate of drug-likeness (QED) is 0.849. The fourth-order valence-electron chi connectivity index (χ4n) is 2.48. The third kappa shape index (κ3) is 4.20. The average Bonchev–Trinajstić information content (AvgIpc) is 2.61. The van der Waals surface area contributed by atoms with E-state index in [9.17, 15) is 14.7 Å². The number of carbonyl (C=O) groups is 2. The zero-order chi connectivity index (χ0) is 17.5. The standard InChI is InChI=1S/C19H21NO4/c1-14(19(22)23)20(13-15-9-5-3-6-10-15)18(21)17(24-2)16-11-7-4-8-12-16/h3-12,14,17H,13H2,1-2H3,(H,22,23). The lowest BCUT2D eigenvalue weighted by atomic mass is 10.1. The fraction of sp³-hybridized carbons (Fsp3) is 0.263. The zero-order valence-electron chi connectivity index (χ0n) is 13.8. The molecule has 126 valence electrons. The van der Waals surface area contributed by atoms with Gasteiger partial charge in [0.25, 0.3) is 5.91 Å². The molecule has 2 aromatic carbocycles. The van der Waals surface area contributed by atoms with Gasteiger partial charge in [-0.3, -0.25) is 4.79 Å².